The SMILES string of the molecule is CCOC(=O)COCc1ccc(C2=C(c3ccccc3)CCc3cc(OCc4ccccc4)ccc32)cc1. The Morgan fingerprint density at radius 3 is 2.18 bits per heavy atom. The van der Waals surface area contributed by atoms with Gasteiger partial charge in [-0.2, -0.15) is 0 Å². The van der Waals surface area contributed by atoms with E-state index in [0.29, 0.717) is 19.8 Å². The molecule has 0 fully saturated rings. The predicted octanol–water partition coefficient (Wildman–Crippen LogP) is 7.25. The predicted molar refractivity (Wildman–Crippen MR) is 151 cm³/mol. The maximum absolute atomic E-state index is 11.6. The Kier molecular flexibility index (Phi) is 8.32. The van der Waals surface area contributed by atoms with Crippen molar-refractivity contribution in [3.05, 3.63) is 137 Å². The molecule has 4 aromatic rings. The first-order valence-corrected chi connectivity index (χ1v) is 13.1. The van der Waals surface area contributed by atoms with E-state index in [1.54, 1.807) is 6.92 Å². The van der Waals surface area contributed by atoms with E-state index in [4.69, 9.17) is 14.2 Å². The molecule has 4 heteroatoms. The second-order valence-corrected chi connectivity index (χ2v) is 9.31. The fourth-order valence-electron chi connectivity index (χ4n) is 4.88. The molecule has 0 heterocycles. The molecule has 5 rings (SSSR count). The lowest BCUT2D eigenvalue weighted by molar-refractivity contribution is -0.148. The van der Waals surface area contributed by atoms with Gasteiger partial charge in [0, 0.05) is 0 Å². The summed E-state index contributed by atoms with van der Waals surface area (Å²) in [4.78, 5) is 11.6. The minimum Gasteiger partial charge on any atom is -0.489 e. The Labute approximate surface area is 224 Å². The summed E-state index contributed by atoms with van der Waals surface area (Å²) in [7, 11) is 0. The van der Waals surface area contributed by atoms with Gasteiger partial charge in [-0.3, -0.25) is 0 Å². The fourth-order valence-corrected chi connectivity index (χ4v) is 4.88. The van der Waals surface area contributed by atoms with Gasteiger partial charge in [-0.1, -0.05) is 91.0 Å². The van der Waals surface area contributed by atoms with E-state index >= 15 is 0 Å². The van der Waals surface area contributed by atoms with Crippen LogP contribution in [0.2, 0.25) is 0 Å². The van der Waals surface area contributed by atoms with Crippen LogP contribution in [0.1, 0.15) is 46.7 Å². The zero-order valence-electron chi connectivity index (χ0n) is 21.7. The average molecular weight is 505 g/mol. The fraction of sp³-hybridized carbons (Fsp3) is 0.206. The largest absolute Gasteiger partial charge is 0.489 e. The number of aryl methyl sites for hydroxylation is 1. The van der Waals surface area contributed by atoms with Crippen molar-refractivity contribution < 1.29 is 19.0 Å². The number of carbonyl (C=O) groups is 1. The summed E-state index contributed by atoms with van der Waals surface area (Å²) >= 11 is 0. The second-order valence-electron chi connectivity index (χ2n) is 9.31. The van der Waals surface area contributed by atoms with Gasteiger partial charge in [0.1, 0.15) is 19.0 Å². The highest BCUT2D eigenvalue weighted by Crippen LogP contribution is 2.41. The van der Waals surface area contributed by atoms with Gasteiger partial charge in [-0.15, -0.1) is 0 Å². The van der Waals surface area contributed by atoms with Crippen LogP contribution < -0.4 is 4.74 Å². The van der Waals surface area contributed by atoms with E-state index in [9.17, 15) is 4.79 Å². The second kappa shape index (κ2) is 12.4. The Balaban J connectivity index is 1.41. The Morgan fingerprint density at radius 2 is 1.45 bits per heavy atom. The van der Waals surface area contributed by atoms with Gasteiger partial charge in [0.05, 0.1) is 13.2 Å². The third-order valence-electron chi connectivity index (χ3n) is 6.70. The lowest BCUT2D eigenvalue weighted by Crippen LogP contribution is -2.12. The maximum atomic E-state index is 11.6. The van der Waals surface area contributed by atoms with Gasteiger partial charge in [0.25, 0.3) is 0 Å². The third kappa shape index (κ3) is 6.21. The molecule has 0 saturated carbocycles. The number of rotatable bonds is 10. The first-order valence-electron chi connectivity index (χ1n) is 13.1. The Hall–Kier alpha value is -4.15. The summed E-state index contributed by atoms with van der Waals surface area (Å²) < 4.78 is 16.6. The number of carbonyl (C=O) groups excluding carboxylic acids is 1. The number of allylic oxidation sites excluding steroid dienone is 1. The van der Waals surface area contributed by atoms with Crippen molar-refractivity contribution in [2.24, 2.45) is 0 Å². The molecule has 0 aliphatic heterocycles. The molecule has 1 aliphatic carbocycles. The Morgan fingerprint density at radius 1 is 0.737 bits per heavy atom. The molecular weight excluding hydrogens is 472 g/mol. The highest BCUT2D eigenvalue weighted by atomic mass is 16.6. The van der Waals surface area contributed by atoms with Gasteiger partial charge in [-0.05, 0) is 76.4 Å². The molecule has 4 nitrogen and oxygen atoms in total. The molecule has 4 aromatic carbocycles. The minimum absolute atomic E-state index is 0.0407. The summed E-state index contributed by atoms with van der Waals surface area (Å²) in [5.74, 6) is 0.553. The quantitative estimate of drug-likeness (QED) is 0.213. The van der Waals surface area contributed by atoms with Crippen LogP contribution in [0.3, 0.4) is 0 Å². The van der Waals surface area contributed by atoms with Crippen molar-refractivity contribution in [1.29, 1.82) is 0 Å². The summed E-state index contributed by atoms with van der Waals surface area (Å²) in [5.41, 5.74) is 9.73. The van der Waals surface area contributed by atoms with E-state index in [2.05, 4.69) is 84.9 Å². The first-order chi connectivity index (χ1) is 18.7. The van der Waals surface area contributed by atoms with Crippen LogP contribution in [0, 0.1) is 0 Å². The van der Waals surface area contributed by atoms with Crippen LogP contribution in [0.5, 0.6) is 5.75 Å². The number of ether oxygens (including phenoxy) is 3. The monoisotopic (exact) mass is 504 g/mol. The molecule has 38 heavy (non-hydrogen) atoms. The molecule has 0 atom stereocenters. The van der Waals surface area contributed by atoms with Crippen molar-refractivity contribution in [2.75, 3.05) is 13.2 Å². The highest BCUT2D eigenvalue weighted by Gasteiger charge is 2.22. The number of hydrogen-bond donors (Lipinski definition) is 0. The molecule has 0 unspecified atom stereocenters. The summed E-state index contributed by atoms with van der Waals surface area (Å²) in [5, 5.41) is 0. The van der Waals surface area contributed by atoms with Crippen molar-refractivity contribution in [2.45, 2.75) is 33.0 Å². The zero-order chi connectivity index (χ0) is 26.2. The van der Waals surface area contributed by atoms with E-state index in [1.807, 2.05) is 18.2 Å². The lowest BCUT2D eigenvalue weighted by atomic mass is 9.79. The lowest BCUT2D eigenvalue weighted by Gasteiger charge is -2.25. The highest BCUT2D eigenvalue weighted by molar-refractivity contribution is 6.00. The number of fused-ring (bicyclic) bond motifs is 1. The summed E-state index contributed by atoms with van der Waals surface area (Å²) in [6.07, 6.45) is 1.92. The zero-order valence-corrected chi connectivity index (χ0v) is 21.7. The number of hydrogen-bond acceptors (Lipinski definition) is 4. The smallest absolute Gasteiger partial charge is 0.332 e. The minimum atomic E-state index is -0.340. The van der Waals surface area contributed by atoms with Crippen molar-refractivity contribution >= 4 is 17.1 Å². The molecule has 0 aromatic heterocycles. The van der Waals surface area contributed by atoms with Gasteiger partial charge in [-0.25, -0.2) is 4.79 Å². The molecule has 0 spiro atoms. The van der Waals surface area contributed by atoms with E-state index in [-0.39, 0.29) is 12.6 Å². The number of esters is 1. The van der Waals surface area contributed by atoms with E-state index < -0.39 is 0 Å². The first kappa shape index (κ1) is 25.5. The van der Waals surface area contributed by atoms with Crippen LogP contribution in [0.15, 0.2) is 103 Å². The average Bonchev–Trinajstić information content (AvgIpc) is 2.97. The van der Waals surface area contributed by atoms with Gasteiger partial charge in [0.2, 0.25) is 0 Å². The third-order valence-corrected chi connectivity index (χ3v) is 6.70. The van der Waals surface area contributed by atoms with Crippen LogP contribution in [0.4, 0.5) is 0 Å². The van der Waals surface area contributed by atoms with Gasteiger partial charge >= 0.3 is 5.97 Å². The van der Waals surface area contributed by atoms with Crippen LogP contribution in [-0.2, 0) is 33.9 Å². The number of benzene rings is 4. The maximum Gasteiger partial charge on any atom is 0.332 e. The molecule has 0 radical (unpaired) electrons. The normalized spacial score (nSPS) is 12.7. The van der Waals surface area contributed by atoms with Crippen LogP contribution >= 0.6 is 0 Å². The molecule has 0 saturated heterocycles. The standard InChI is InChI=1S/C34H32O4/c1-2-37-33(35)24-36-22-26-13-15-28(16-14-26)34-31(27-11-7-4-8-12-27)19-17-29-21-30(18-20-32(29)34)38-23-25-9-5-3-6-10-25/h3-16,18,20-21H,2,17,19,22-24H2,1H3. The molecule has 0 amide bonds. The summed E-state index contributed by atoms with van der Waals surface area (Å²) in [6, 6.07) is 35.8. The van der Waals surface area contributed by atoms with E-state index in [0.717, 1.165) is 35.3 Å². The molecule has 192 valence electrons. The topological polar surface area (TPSA) is 44.8 Å². The molecular formula is C34H32O4. The molecule has 1 aliphatic rings. The van der Waals surface area contributed by atoms with E-state index in [1.165, 1.54) is 27.8 Å². The van der Waals surface area contributed by atoms with Crippen LogP contribution in [-0.4, -0.2) is 19.2 Å². The van der Waals surface area contributed by atoms with Crippen molar-refractivity contribution in [3.8, 4) is 5.75 Å². The van der Waals surface area contributed by atoms with Crippen molar-refractivity contribution in [1.82, 2.24) is 0 Å². The molecule has 0 bridgehead atoms. The van der Waals surface area contributed by atoms with Gasteiger partial charge < -0.3 is 14.2 Å². The van der Waals surface area contributed by atoms with Crippen molar-refractivity contribution in [3.63, 3.8) is 0 Å². The van der Waals surface area contributed by atoms with Gasteiger partial charge in [0.15, 0.2) is 0 Å². The molecule has 0 N–H and O–H groups in total. The summed E-state index contributed by atoms with van der Waals surface area (Å²) in [6.45, 7) is 3.02. The van der Waals surface area contributed by atoms with Crippen LogP contribution in [0.25, 0.3) is 11.1 Å². The Bertz CT molecular complexity index is 1390.